The third-order valence-electron chi connectivity index (χ3n) is 7.33. The number of rotatable bonds is 7. The molecule has 1 aliphatic rings. The summed E-state index contributed by atoms with van der Waals surface area (Å²) >= 11 is 1.56. The Morgan fingerprint density at radius 1 is 1.08 bits per heavy atom. The number of hydrogen-bond acceptors (Lipinski definition) is 6. The van der Waals surface area contributed by atoms with E-state index in [1.54, 1.807) is 29.5 Å². The third-order valence-corrected chi connectivity index (χ3v) is 9.77. The average Bonchev–Trinajstić information content (AvgIpc) is 3.32. The minimum Gasteiger partial charge on any atom is -0.495 e. The van der Waals surface area contributed by atoms with Crippen molar-refractivity contribution < 1.29 is 23.1 Å². The summed E-state index contributed by atoms with van der Waals surface area (Å²) in [5, 5.41) is 10.1. The highest BCUT2D eigenvalue weighted by Crippen LogP contribution is 2.45. The number of aromatic nitrogens is 1. The van der Waals surface area contributed by atoms with E-state index in [-0.39, 0.29) is 21.9 Å². The van der Waals surface area contributed by atoms with E-state index >= 15 is 0 Å². The Bertz CT molecular complexity index is 1620. The van der Waals surface area contributed by atoms with Gasteiger partial charge in [0.25, 0.3) is 10.0 Å². The monoisotopic (exact) mass is 550 g/mol. The Morgan fingerprint density at radius 3 is 2.53 bits per heavy atom. The van der Waals surface area contributed by atoms with Crippen LogP contribution in [0.25, 0.3) is 20.8 Å². The van der Waals surface area contributed by atoms with Gasteiger partial charge in [-0.05, 0) is 79.0 Å². The van der Waals surface area contributed by atoms with Crippen LogP contribution in [0.4, 0.5) is 5.69 Å². The van der Waals surface area contributed by atoms with Gasteiger partial charge in [0.05, 0.1) is 33.5 Å². The van der Waals surface area contributed by atoms with Crippen molar-refractivity contribution in [2.75, 3.05) is 11.8 Å². The highest BCUT2D eigenvalue weighted by atomic mass is 32.2. The Labute approximate surface area is 226 Å². The van der Waals surface area contributed by atoms with Gasteiger partial charge in [0.1, 0.15) is 10.8 Å². The van der Waals surface area contributed by atoms with Gasteiger partial charge in [0.2, 0.25) is 0 Å². The van der Waals surface area contributed by atoms with Gasteiger partial charge in [0.15, 0.2) is 0 Å². The van der Waals surface area contributed by atoms with Crippen LogP contribution in [0.2, 0.25) is 0 Å². The lowest BCUT2D eigenvalue weighted by Gasteiger charge is -2.35. The Balaban J connectivity index is 1.45. The topological polar surface area (TPSA) is 106 Å². The lowest BCUT2D eigenvalue weighted by molar-refractivity contribution is 0.0696. The molecule has 2 N–H and O–H groups in total. The molecule has 0 atom stereocenters. The number of sulfonamides is 1. The number of methoxy groups -OCH3 is 1. The van der Waals surface area contributed by atoms with Gasteiger partial charge >= 0.3 is 5.97 Å². The van der Waals surface area contributed by atoms with Crippen LogP contribution >= 0.6 is 11.3 Å². The molecule has 0 aliphatic heterocycles. The second-order valence-corrected chi connectivity index (χ2v) is 13.2. The third kappa shape index (κ3) is 5.26. The maximum atomic E-state index is 13.2. The molecule has 1 fully saturated rings. The van der Waals surface area contributed by atoms with Crippen molar-refractivity contribution in [1.82, 2.24) is 4.98 Å². The lowest BCUT2D eigenvalue weighted by Crippen LogP contribution is -2.20. The standard InChI is InChI=1S/C29H30N2O5S2/c1-29(2)14-12-18(13-15-29)21-6-4-5-7-22(21)27-30-24-17-20(9-11-26(24)37-27)38(34,35)31-23-10-8-19(28(32)33)16-25(23)36-3/h4-11,16-18,31H,12-15H2,1-3H3,(H,32,33). The average molecular weight is 551 g/mol. The minimum absolute atomic E-state index is 0.00144. The quantitative estimate of drug-likeness (QED) is 0.253. The van der Waals surface area contributed by atoms with Crippen LogP contribution in [-0.4, -0.2) is 31.6 Å². The fourth-order valence-corrected chi connectivity index (χ4v) is 7.14. The summed E-state index contributed by atoms with van der Waals surface area (Å²) < 4.78 is 35.1. The molecule has 38 heavy (non-hydrogen) atoms. The highest BCUT2D eigenvalue weighted by molar-refractivity contribution is 7.92. The van der Waals surface area contributed by atoms with Gasteiger partial charge < -0.3 is 9.84 Å². The summed E-state index contributed by atoms with van der Waals surface area (Å²) in [5.74, 6) is -0.515. The van der Waals surface area contributed by atoms with E-state index in [0.29, 0.717) is 16.8 Å². The van der Waals surface area contributed by atoms with Gasteiger partial charge in [-0.2, -0.15) is 0 Å². The molecule has 0 spiro atoms. The number of nitrogens with zero attached hydrogens (tertiary/aromatic N) is 1. The van der Waals surface area contributed by atoms with Crippen LogP contribution in [0.5, 0.6) is 5.75 Å². The van der Waals surface area contributed by atoms with Crippen LogP contribution in [0.3, 0.4) is 0 Å². The molecule has 5 rings (SSSR count). The van der Waals surface area contributed by atoms with Gasteiger partial charge in [0, 0.05) is 5.56 Å². The molecular weight excluding hydrogens is 520 g/mol. The molecule has 9 heteroatoms. The van der Waals surface area contributed by atoms with Crippen molar-refractivity contribution in [2.24, 2.45) is 5.41 Å². The molecule has 0 amide bonds. The zero-order valence-corrected chi connectivity index (χ0v) is 23.2. The van der Waals surface area contributed by atoms with Gasteiger partial charge in [-0.15, -0.1) is 11.3 Å². The van der Waals surface area contributed by atoms with Gasteiger partial charge in [-0.3, -0.25) is 4.72 Å². The van der Waals surface area contributed by atoms with Gasteiger partial charge in [-0.1, -0.05) is 38.1 Å². The number of ether oxygens (including phenoxy) is 1. The SMILES string of the molecule is COc1cc(C(=O)O)ccc1NS(=O)(=O)c1ccc2sc(-c3ccccc3C3CCC(C)(C)CC3)nc2c1. The summed E-state index contributed by atoms with van der Waals surface area (Å²) in [6.45, 7) is 4.68. The van der Waals surface area contributed by atoms with Crippen LogP contribution < -0.4 is 9.46 Å². The molecule has 0 bridgehead atoms. The Kier molecular flexibility index (Phi) is 6.92. The molecule has 1 heterocycles. The van der Waals surface area contributed by atoms with E-state index in [0.717, 1.165) is 28.1 Å². The highest BCUT2D eigenvalue weighted by Gasteiger charge is 2.29. The van der Waals surface area contributed by atoms with Crippen molar-refractivity contribution in [3.8, 4) is 16.3 Å². The lowest BCUT2D eigenvalue weighted by atomic mass is 9.71. The second-order valence-electron chi connectivity index (χ2n) is 10.5. The number of nitrogens with one attached hydrogen (secondary N) is 1. The first-order chi connectivity index (χ1) is 18.1. The minimum atomic E-state index is -3.98. The first-order valence-corrected chi connectivity index (χ1v) is 14.8. The number of carbonyl (C=O) groups is 1. The Hall–Kier alpha value is -3.43. The molecule has 0 unspecified atom stereocenters. The van der Waals surface area contributed by atoms with E-state index in [9.17, 15) is 18.3 Å². The molecule has 0 radical (unpaired) electrons. The number of benzene rings is 3. The molecule has 1 aromatic heterocycles. The van der Waals surface area contributed by atoms with Crippen LogP contribution in [0, 0.1) is 5.41 Å². The molecule has 0 saturated heterocycles. The first-order valence-electron chi connectivity index (χ1n) is 12.5. The van der Waals surface area contributed by atoms with Crippen molar-refractivity contribution in [2.45, 2.75) is 50.3 Å². The number of aromatic carboxylic acids is 1. The normalized spacial score (nSPS) is 15.9. The smallest absolute Gasteiger partial charge is 0.335 e. The molecule has 3 aromatic carbocycles. The zero-order valence-electron chi connectivity index (χ0n) is 21.5. The maximum Gasteiger partial charge on any atom is 0.335 e. The number of hydrogen-bond donors (Lipinski definition) is 2. The molecule has 1 aliphatic carbocycles. The van der Waals surface area contributed by atoms with E-state index < -0.39 is 16.0 Å². The summed E-state index contributed by atoms with van der Waals surface area (Å²) in [6.07, 6.45) is 4.70. The molecule has 7 nitrogen and oxygen atoms in total. The zero-order chi connectivity index (χ0) is 27.1. The largest absolute Gasteiger partial charge is 0.495 e. The van der Waals surface area contributed by atoms with Crippen molar-refractivity contribution in [1.29, 1.82) is 0 Å². The second kappa shape index (κ2) is 10.0. The fraction of sp³-hybridized carbons (Fsp3) is 0.310. The van der Waals surface area contributed by atoms with Gasteiger partial charge in [-0.25, -0.2) is 18.2 Å². The maximum absolute atomic E-state index is 13.2. The fourth-order valence-electron chi connectivity index (χ4n) is 5.06. The number of carboxylic acids is 1. The van der Waals surface area contributed by atoms with E-state index in [1.165, 1.54) is 43.7 Å². The van der Waals surface area contributed by atoms with Crippen molar-refractivity contribution >= 4 is 43.2 Å². The Morgan fingerprint density at radius 2 is 1.82 bits per heavy atom. The summed E-state index contributed by atoms with van der Waals surface area (Å²) in [7, 11) is -2.62. The predicted octanol–water partition coefficient (Wildman–Crippen LogP) is 7.15. The summed E-state index contributed by atoms with van der Waals surface area (Å²) in [4.78, 5) is 16.2. The number of anilines is 1. The summed E-state index contributed by atoms with van der Waals surface area (Å²) in [6, 6.07) is 17.3. The molecule has 1 saturated carbocycles. The van der Waals surface area contributed by atoms with E-state index in [2.05, 4.69) is 36.8 Å². The number of thiazole rings is 1. The summed E-state index contributed by atoms with van der Waals surface area (Å²) in [5.41, 5.74) is 3.58. The van der Waals surface area contributed by atoms with Crippen LogP contribution in [-0.2, 0) is 10.0 Å². The van der Waals surface area contributed by atoms with E-state index in [4.69, 9.17) is 9.72 Å². The van der Waals surface area contributed by atoms with Crippen LogP contribution in [0.1, 0.15) is 61.4 Å². The first kappa shape index (κ1) is 26.2. The van der Waals surface area contributed by atoms with Crippen molar-refractivity contribution in [3.63, 3.8) is 0 Å². The van der Waals surface area contributed by atoms with Crippen molar-refractivity contribution in [3.05, 3.63) is 71.8 Å². The molecule has 198 valence electrons. The number of carboxylic acid groups (broad SMARTS) is 1. The predicted molar refractivity (Wildman–Crippen MR) is 151 cm³/mol. The number of fused-ring (bicyclic) bond motifs is 1. The molecular formula is C29H30N2O5S2. The van der Waals surface area contributed by atoms with E-state index in [1.807, 2.05) is 6.07 Å². The molecule has 4 aromatic rings. The van der Waals surface area contributed by atoms with Crippen LogP contribution in [0.15, 0.2) is 65.6 Å².